The third kappa shape index (κ3) is 7.71. The van der Waals surface area contributed by atoms with E-state index in [1.165, 1.54) is 12.0 Å². The third-order valence-corrected chi connectivity index (χ3v) is 4.31. The summed E-state index contributed by atoms with van der Waals surface area (Å²) in [4.78, 5) is 39.2. The van der Waals surface area contributed by atoms with Crippen LogP contribution in [0.3, 0.4) is 0 Å². The van der Waals surface area contributed by atoms with Crippen LogP contribution in [-0.4, -0.2) is 41.5 Å². The summed E-state index contributed by atoms with van der Waals surface area (Å²) >= 11 is 0. The number of hydrogen-bond donors (Lipinski definition) is 0. The predicted molar refractivity (Wildman–Crippen MR) is 107 cm³/mol. The number of esters is 2. The van der Waals surface area contributed by atoms with Gasteiger partial charge in [0.2, 0.25) is 5.91 Å². The molecule has 0 fully saturated rings. The molecule has 1 aromatic carbocycles. The molecule has 0 unspecified atom stereocenters. The fraction of sp³-hybridized carbons (Fsp3) is 0.591. The maximum atomic E-state index is 13.3. The van der Waals surface area contributed by atoms with Gasteiger partial charge >= 0.3 is 11.9 Å². The van der Waals surface area contributed by atoms with Crippen LogP contribution in [0.5, 0.6) is 0 Å². The Morgan fingerprint density at radius 1 is 1.11 bits per heavy atom. The standard InChI is InChI=1S/C22H33NO5/c1-7-11-18(14-19(24)28-22(3,4)5)20(25)23(16(2)21(26)27-6)15-17-12-9-8-10-13-17/h8-10,12-13,16,18H,7,11,14-15H2,1-6H3/t16-,18-/m0/s1. The molecular weight excluding hydrogens is 358 g/mol. The van der Waals surface area contributed by atoms with Crippen molar-refractivity contribution >= 4 is 17.8 Å². The first-order chi connectivity index (χ1) is 13.1. The Labute approximate surface area is 168 Å². The average molecular weight is 392 g/mol. The second kappa shape index (κ2) is 10.8. The molecule has 1 aromatic rings. The minimum absolute atomic E-state index is 0.0108. The molecule has 6 heteroatoms. The zero-order valence-electron chi connectivity index (χ0n) is 17.9. The second-order valence-electron chi connectivity index (χ2n) is 7.93. The van der Waals surface area contributed by atoms with Crippen molar-refractivity contribution < 1.29 is 23.9 Å². The molecule has 0 heterocycles. The van der Waals surface area contributed by atoms with Crippen molar-refractivity contribution in [3.8, 4) is 0 Å². The van der Waals surface area contributed by atoms with E-state index >= 15 is 0 Å². The summed E-state index contributed by atoms with van der Waals surface area (Å²) in [6, 6.07) is 8.69. The van der Waals surface area contributed by atoms with Crippen molar-refractivity contribution in [3.63, 3.8) is 0 Å². The van der Waals surface area contributed by atoms with Crippen LogP contribution in [0.15, 0.2) is 30.3 Å². The lowest BCUT2D eigenvalue weighted by Gasteiger charge is -2.31. The summed E-state index contributed by atoms with van der Waals surface area (Å²) in [5.41, 5.74) is 0.291. The number of hydrogen-bond acceptors (Lipinski definition) is 5. The molecule has 156 valence electrons. The highest BCUT2D eigenvalue weighted by molar-refractivity contribution is 5.88. The topological polar surface area (TPSA) is 72.9 Å². The molecule has 0 bridgehead atoms. The number of carbonyl (C=O) groups is 3. The molecule has 1 amide bonds. The first-order valence-corrected chi connectivity index (χ1v) is 9.73. The largest absolute Gasteiger partial charge is 0.467 e. The third-order valence-electron chi connectivity index (χ3n) is 4.31. The van der Waals surface area contributed by atoms with Gasteiger partial charge < -0.3 is 14.4 Å². The van der Waals surface area contributed by atoms with Crippen LogP contribution < -0.4 is 0 Å². The molecular formula is C22H33NO5. The Hall–Kier alpha value is -2.37. The van der Waals surface area contributed by atoms with Crippen LogP contribution in [0.25, 0.3) is 0 Å². The van der Waals surface area contributed by atoms with E-state index in [0.717, 1.165) is 12.0 Å². The van der Waals surface area contributed by atoms with E-state index in [0.29, 0.717) is 6.42 Å². The Kier molecular flexibility index (Phi) is 9.16. The van der Waals surface area contributed by atoms with Crippen molar-refractivity contribution in [2.75, 3.05) is 7.11 Å². The lowest BCUT2D eigenvalue weighted by atomic mass is 9.96. The zero-order chi connectivity index (χ0) is 21.3. The van der Waals surface area contributed by atoms with Crippen molar-refractivity contribution in [2.45, 2.75) is 72.1 Å². The van der Waals surface area contributed by atoms with Gasteiger partial charge in [-0.2, -0.15) is 0 Å². The maximum absolute atomic E-state index is 13.3. The molecule has 0 spiro atoms. The van der Waals surface area contributed by atoms with Gasteiger partial charge in [-0.05, 0) is 39.7 Å². The SMILES string of the molecule is CCC[C@@H](CC(=O)OC(C)(C)C)C(=O)N(Cc1ccccc1)[C@@H](C)C(=O)OC. The van der Waals surface area contributed by atoms with Crippen molar-refractivity contribution in [1.82, 2.24) is 4.90 Å². The minimum atomic E-state index is -0.754. The summed E-state index contributed by atoms with van der Waals surface area (Å²) in [7, 11) is 1.30. The van der Waals surface area contributed by atoms with Gasteiger partial charge in [0.25, 0.3) is 0 Å². The van der Waals surface area contributed by atoms with E-state index in [1.807, 2.05) is 37.3 Å². The number of amides is 1. The fourth-order valence-electron chi connectivity index (χ4n) is 2.96. The first kappa shape index (κ1) is 23.7. The molecule has 0 N–H and O–H groups in total. The summed E-state index contributed by atoms with van der Waals surface area (Å²) < 4.78 is 10.2. The molecule has 1 rings (SSSR count). The predicted octanol–water partition coefficient (Wildman–Crippen LogP) is 3.72. The van der Waals surface area contributed by atoms with Crippen LogP contribution in [0.2, 0.25) is 0 Å². The molecule has 2 atom stereocenters. The van der Waals surface area contributed by atoms with Gasteiger partial charge in [0, 0.05) is 12.5 Å². The van der Waals surface area contributed by atoms with Gasteiger partial charge in [-0.25, -0.2) is 4.79 Å². The van der Waals surface area contributed by atoms with Gasteiger partial charge in [0.15, 0.2) is 0 Å². The summed E-state index contributed by atoms with van der Waals surface area (Å²) in [6.45, 7) is 9.25. The van der Waals surface area contributed by atoms with E-state index in [4.69, 9.17) is 9.47 Å². The second-order valence-corrected chi connectivity index (χ2v) is 7.93. The van der Waals surface area contributed by atoms with Gasteiger partial charge in [-0.3, -0.25) is 9.59 Å². The Balaban J connectivity index is 3.07. The monoisotopic (exact) mass is 391 g/mol. The van der Waals surface area contributed by atoms with E-state index in [1.54, 1.807) is 27.7 Å². The first-order valence-electron chi connectivity index (χ1n) is 9.73. The summed E-state index contributed by atoms with van der Waals surface area (Å²) in [5, 5.41) is 0. The normalized spacial score (nSPS) is 13.4. The van der Waals surface area contributed by atoms with Crippen LogP contribution in [-0.2, 0) is 30.4 Å². The highest BCUT2D eigenvalue weighted by Gasteiger charge is 2.33. The average Bonchev–Trinajstić information content (AvgIpc) is 2.63. The number of nitrogens with zero attached hydrogens (tertiary/aromatic N) is 1. The highest BCUT2D eigenvalue weighted by atomic mass is 16.6. The molecule has 0 aromatic heterocycles. The molecule has 0 saturated heterocycles. The van der Waals surface area contributed by atoms with E-state index < -0.39 is 29.5 Å². The molecule has 0 saturated carbocycles. The number of carbonyl (C=O) groups excluding carboxylic acids is 3. The number of benzene rings is 1. The quantitative estimate of drug-likeness (QED) is 0.600. The van der Waals surface area contributed by atoms with E-state index in [2.05, 4.69) is 0 Å². The Bertz CT molecular complexity index is 651. The van der Waals surface area contributed by atoms with Crippen molar-refractivity contribution in [3.05, 3.63) is 35.9 Å². The number of ether oxygens (including phenoxy) is 2. The number of rotatable bonds is 9. The van der Waals surface area contributed by atoms with Crippen molar-refractivity contribution in [1.29, 1.82) is 0 Å². The molecule has 0 radical (unpaired) electrons. The molecule has 6 nitrogen and oxygen atoms in total. The zero-order valence-corrected chi connectivity index (χ0v) is 17.9. The smallest absolute Gasteiger partial charge is 0.328 e. The van der Waals surface area contributed by atoms with Gasteiger partial charge in [0.05, 0.1) is 13.5 Å². The maximum Gasteiger partial charge on any atom is 0.328 e. The van der Waals surface area contributed by atoms with Gasteiger partial charge in [-0.15, -0.1) is 0 Å². The lowest BCUT2D eigenvalue weighted by Crippen LogP contribution is -2.46. The highest BCUT2D eigenvalue weighted by Crippen LogP contribution is 2.21. The molecule has 0 aliphatic carbocycles. The number of methoxy groups -OCH3 is 1. The van der Waals surface area contributed by atoms with Crippen molar-refractivity contribution in [2.24, 2.45) is 5.92 Å². The Morgan fingerprint density at radius 2 is 1.71 bits per heavy atom. The molecule has 0 aliphatic rings. The van der Waals surface area contributed by atoms with Gasteiger partial charge in [-0.1, -0.05) is 43.7 Å². The van der Waals surface area contributed by atoms with Crippen LogP contribution in [0.4, 0.5) is 0 Å². The van der Waals surface area contributed by atoms with Crippen LogP contribution in [0, 0.1) is 5.92 Å². The lowest BCUT2D eigenvalue weighted by molar-refractivity contribution is -0.160. The summed E-state index contributed by atoms with van der Waals surface area (Å²) in [6.07, 6.45) is 1.27. The fourth-order valence-corrected chi connectivity index (χ4v) is 2.96. The van der Waals surface area contributed by atoms with E-state index in [-0.39, 0.29) is 18.9 Å². The Morgan fingerprint density at radius 3 is 2.21 bits per heavy atom. The van der Waals surface area contributed by atoms with E-state index in [9.17, 15) is 14.4 Å². The molecule has 0 aliphatic heterocycles. The van der Waals surface area contributed by atoms with Crippen LogP contribution >= 0.6 is 0 Å². The minimum Gasteiger partial charge on any atom is -0.467 e. The molecule has 28 heavy (non-hydrogen) atoms. The summed E-state index contributed by atoms with van der Waals surface area (Å²) in [5.74, 6) is -1.69. The van der Waals surface area contributed by atoms with Gasteiger partial charge in [0.1, 0.15) is 11.6 Å². The van der Waals surface area contributed by atoms with Crippen LogP contribution in [0.1, 0.15) is 59.4 Å².